The summed E-state index contributed by atoms with van der Waals surface area (Å²) < 4.78 is 0.0893. The maximum atomic E-state index is 3.76. The largest absolute Gasteiger partial charge is 0.0985 e. The van der Waals surface area contributed by atoms with Gasteiger partial charge in [0, 0.05) is 4.32 Å². The Hall–Kier alpha value is -0.560. The molecule has 0 radical (unpaired) electrons. The molecule has 0 aromatic heterocycles. The molecule has 0 aliphatic heterocycles. The Morgan fingerprint density at radius 3 is 2.77 bits per heavy atom. The molecule has 0 spiro atoms. The minimum Gasteiger partial charge on any atom is -0.0985 e. The zero-order chi connectivity index (χ0) is 9.90. The van der Waals surface area contributed by atoms with Gasteiger partial charge in [-0.2, -0.15) is 0 Å². The van der Waals surface area contributed by atoms with Crippen molar-refractivity contribution < 1.29 is 0 Å². The van der Waals surface area contributed by atoms with Crippen molar-refractivity contribution in [1.82, 2.24) is 0 Å². The van der Waals surface area contributed by atoms with Crippen molar-refractivity contribution in [2.24, 2.45) is 0 Å². The molecule has 0 amide bonds. The van der Waals surface area contributed by atoms with E-state index in [0.717, 1.165) is 6.42 Å². The van der Waals surface area contributed by atoms with Crippen LogP contribution in [0.4, 0.5) is 0 Å². The molecule has 1 heteroatoms. The van der Waals surface area contributed by atoms with E-state index in [0.29, 0.717) is 0 Å². The maximum absolute atomic E-state index is 3.76. The van der Waals surface area contributed by atoms with Crippen molar-refractivity contribution in [1.29, 1.82) is 0 Å². The van der Waals surface area contributed by atoms with E-state index in [-0.39, 0.29) is 4.32 Å². The predicted molar refractivity (Wildman–Crippen MR) is 63.1 cm³/mol. The number of hydrogen-bond acceptors (Lipinski definition) is 0. The van der Waals surface area contributed by atoms with Crippen LogP contribution in [-0.4, -0.2) is 0 Å². The Bertz CT molecular complexity index is 300. The first-order valence-electron chi connectivity index (χ1n) is 4.52. The minimum absolute atomic E-state index is 0.0893. The molecule has 0 saturated heterocycles. The van der Waals surface area contributed by atoms with Crippen LogP contribution < -0.4 is 0 Å². The van der Waals surface area contributed by atoms with Crippen molar-refractivity contribution >= 4 is 22.0 Å². The molecule has 70 valence electrons. The molecule has 0 fully saturated rings. The number of hydrogen-bond donors (Lipinski definition) is 0. The summed E-state index contributed by atoms with van der Waals surface area (Å²) in [6.45, 7) is 8.13. The van der Waals surface area contributed by atoms with Gasteiger partial charge < -0.3 is 0 Å². The fourth-order valence-electron chi connectivity index (χ4n) is 1.19. The summed E-state index contributed by atoms with van der Waals surface area (Å²) in [6, 6.07) is 8.45. The Labute approximate surface area is 88.8 Å². The number of rotatable bonds is 3. The van der Waals surface area contributed by atoms with E-state index >= 15 is 0 Å². The average Bonchev–Trinajstić information content (AvgIpc) is 2.18. The molecule has 1 atom stereocenters. The molecule has 0 aliphatic carbocycles. The smallest absolute Gasteiger partial charge is 0.0475 e. The second-order valence-electron chi connectivity index (χ2n) is 3.38. The van der Waals surface area contributed by atoms with Gasteiger partial charge in [-0.1, -0.05) is 59.8 Å². The highest BCUT2D eigenvalue weighted by atomic mass is 79.9. The van der Waals surface area contributed by atoms with Crippen molar-refractivity contribution in [2.75, 3.05) is 0 Å². The minimum atomic E-state index is 0.0893. The maximum Gasteiger partial charge on any atom is 0.0475 e. The summed E-state index contributed by atoms with van der Waals surface area (Å²) in [4.78, 5) is 0. The lowest BCUT2D eigenvalue weighted by Gasteiger charge is -2.21. The SMILES string of the molecule is C=Cc1cccc(C(C)(Br)CC)c1. The molecule has 0 heterocycles. The molecule has 0 bridgehead atoms. The summed E-state index contributed by atoms with van der Waals surface area (Å²) >= 11 is 3.72. The molecule has 0 nitrogen and oxygen atoms in total. The molecule has 1 aromatic carbocycles. The van der Waals surface area contributed by atoms with Crippen molar-refractivity contribution in [3.05, 3.63) is 42.0 Å². The third kappa shape index (κ3) is 2.44. The number of alkyl halides is 1. The van der Waals surface area contributed by atoms with Gasteiger partial charge in [-0.15, -0.1) is 0 Å². The van der Waals surface area contributed by atoms with Crippen LogP contribution in [0.15, 0.2) is 30.8 Å². The van der Waals surface area contributed by atoms with Crippen LogP contribution in [0.2, 0.25) is 0 Å². The molecule has 0 saturated carbocycles. The monoisotopic (exact) mass is 238 g/mol. The zero-order valence-corrected chi connectivity index (χ0v) is 9.76. The normalized spacial score (nSPS) is 15.0. The number of benzene rings is 1. The van der Waals surface area contributed by atoms with Crippen molar-refractivity contribution in [2.45, 2.75) is 24.6 Å². The van der Waals surface area contributed by atoms with Crippen LogP contribution in [0.25, 0.3) is 6.08 Å². The van der Waals surface area contributed by atoms with Gasteiger partial charge in [0.2, 0.25) is 0 Å². The molecule has 1 rings (SSSR count). The van der Waals surface area contributed by atoms with E-state index in [4.69, 9.17) is 0 Å². The van der Waals surface area contributed by atoms with E-state index in [2.05, 4.69) is 60.6 Å². The summed E-state index contributed by atoms with van der Waals surface area (Å²) in [7, 11) is 0. The van der Waals surface area contributed by atoms with Crippen LogP contribution in [0, 0.1) is 0 Å². The molecule has 0 N–H and O–H groups in total. The van der Waals surface area contributed by atoms with Gasteiger partial charge in [-0.25, -0.2) is 0 Å². The summed E-state index contributed by atoms with van der Waals surface area (Å²) in [5.74, 6) is 0. The van der Waals surface area contributed by atoms with Gasteiger partial charge in [0.15, 0.2) is 0 Å². The van der Waals surface area contributed by atoms with E-state index in [1.807, 2.05) is 6.08 Å². The van der Waals surface area contributed by atoms with Crippen LogP contribution >= 0.6 is 15.9 Å². The molecular weight excluding hydrogens is 224 g/mol. The van der Waals surface area contributed by atoms with Gasteiger partial charge in [0.25, 0.3) is 0 Å². The highest BCUT2D eigenvalue weighted by molar-refractivity contribution is 9.09. The second-order valence-corrected chi connectivity index (χ2v) is 5.13. The van der Waals surface area contributed by atoms with Crippen LogP contribution in [-0.2, 0) is 4.32 Å². The summed E-state index contributed by atoms with van der Waals surface area (Å²) in [5.41, 5.74) is 2.49. The second kappa shape index (κ2) is 4.10. The fourth-order valence-corrected chi connectivity index (χ4v) is 1.44. The Morgan fingerprint density at radius 1 is 1.54 bits per heavy atom. The van der Waals surface area contributed by atoms with Gasteiger partial charge >= 0.3 is 0 Å². The van der Waals surface area contributed by atoms with E-state index < -0.39 is 0 Å². The highest BCUT2D eigenvalue weighted by Gasteiger charge is 2.19. The van der Waals surface area contributed by atoms with Gasteiger partial charge in [-0.05, 0) is 24.5 Å². The fraction of sp³-hybridized carbons (Fsp3) is 0.333. The Balaban J connectivity index is 3.08. The Kier molecular flexibility index (Phi) is 3.32. The van der Waals surface area contributed by atoms with Crippen molar-refractivity contribution in [3.8, 4) is 0 Å². The van der Waals surface area contributed by atoms with Gasteiger partial charge in [-0.3, -0.25) is 0 Å². The standard InChI is InChI=1S/C12H15Br/c1-4-10-7-6-8-11(9-10)12(3,13)5-2/h4,6-9H,1,5H2,2-3H3. The lowest BCUT2D eigenvalue weighted by Crippen LogP contribution is -2.10. The first kappa shape index (κ1) is 10.5. The topological polar surface area (TPSA) is 0 Å². The number of halogens is 1. The van der Waals surface area contributed by atoms with Crippen LogP contribution in [0.3, 0.4) is 0 Å². The predicted octanol–water partition coefficient (Wildman–Crippen LogP) is 4.35. The lowest BCUT2D eigenvalue weighted by atomic mass is 9.97. The lowest BCUT2D eigenvalue weighted by molar-refractivity contribution is 0.681. The first-order chi connectivity index (χ1) is 6.10. The van der Waals surface area contributed by atoms with Crippen molar-refractivity contribution in [3.63, 3.8) is 0 Å². The average molecular weight is 239 g/mol. The van der Waals surface area contributed by atoms with E-state index in [1.54, 1.807) is 0 Å². The molecule has 0 aliphatic rings. The molecule has 1 unspecified atom stereocenters. The highest BCUT2D eigenvalue weighted by Crippen LogP contribution is 2.34. The molecule has 1 aromatic rings. The zero-order valence-electron chi connectivity index (χ0n) is 8.18. The van der Waals surface area contributed by atoms with E-state index in [1.165, 1.54) is 11.1 Å². The first-order valence-corrected chi connectivity index (χ1v) is 5.31. The molecular formula is C12H15Br. The third-order valence-corrected chi connectivity index (χ3v) is 3.41. The Morgan fingerprint density at radius 2 is 2.23 bits per heavy atom. The summed E-state index contributed by atoms with van der Waals surface area (Å²) in [6.07, 6.45) is 2.95. The third-order valence-electron chi connectivity index (χ3n) is 2.39. The van der Waals surface area contributed by atoms with Gasteiger partial charge in [0.05, 0.1) is 0 Å². The van der Waals surface area contributed by atoms with Crippen LogP contribution in [0.1, 0.15) is 31.4 Å². The van der Waals surface area contributed by atoms with Gasteiger partial charge in [0.1, 0.15) is 0 Å². The quantitative estimate of drug-likeness (QED) is 0.688. The molecule has 13 heavy (non-hydrogen) atoms. The van der Waals surface area contributed by atoms with Crippen LogP contribution in [0.5, 0.6) is 0 Å². The summed E-state index contributed by atoms with van der Waals surface area (Å²) in [5, 5.41) is 0. The van der Waals surface area contributed by atoms with E-state index in [9.17, 15) is 0 Å².